The molecule has 2 rings (SSSR count). The van der Waals surface area contributed by atoms with Gasteiger partial charge in [-0.2, -0.15) is 0 Å². The average Bonchev–Trinajstić information content (AvgIpc) is 2.67. The summed E-state index contributed by atoms with van der Waals surface area (Å²) < 4.78 is 14.1. The highest BCUT2D eigenvalue weighted by molar-refractivity contribution is 9.10. The van der Waals surface area contributed by atoms with E-state index in [-0.39, 0.29) is 11.9 Å². The van der Waals surface area contributed by atoms with Crippen molar-refractivity contribution in [3.63, 3.8) is 0 Å². The number of benzene rings is 1. The van der Waals surface area contributed by atoms with Gasteiger partial charge in [0.2, 0.25) is 0 Å². The highest BCUT2D eigenvalue weighted by Crippen LogP contribution is 2.32. The molecule has 2 nitrogen and oxygen atoms in total. The molecule has 20 heavy (non-hydrogen) atoms. The van der Waals surface area contributed by atoms with Crippen LogP contribution in [0.3, 0.4) is 0 Å². The molecular weight excluding hydrogens is 319 g/mol. The van der Waals surface area contributed by atoms with Crippen molar-refractivity contribution in [1.29, 1.82) is 0 Å². The Bertz CT molecular complexity index is 438. The number of nitrogens with zero attached hydrogens (tertiary/aromatic N) is 1. The molecule has 0 aliphatic carbocycles. The van der Waals surface area contributed by atoms with Gasteiger partial charge in [-0.3, -0.25) is 4.90 Å². The minimum atomic E-state index is -0.209. The molecule has 1 aliphatic heterocycles. The van der Waals surface area contributed by atoms with Gasteiger partial charge in [-0.05, 0) is 43.5 Å². The smallest absolute Gasteiger partial charge is 0.124 e. The molecule has 1 saturated heterocycles. The van der Waals surface area contributed by atoms with Crippen molar-refractivity contribution in [2.45, 2.75) is 51.1 Å². The minimum absolute atomic E-state index is 0.174. The first-order chi connectivity index (χ1) is 9.67. The molecule has 2 unspecified atom stereocenters. The van der Waals surface area contributed by atoms with Crippen LogP contribution in [0.4, 0.5) is 4.39 Å². The van der Waals surface area contributed by atoms with E-state index in [0.29, 0.717) is 12.6 Å². The molecule has 0 radical (unpaired) electrons. The molecular formula is C16H24BrFN2. The van der Waals surface area contributed by atoms with Crippen LogP contribution in [-0.2, 0) is 0 Å². The van der Waals surface area contributed by atoms with Gasteiger partial charge in [0.25, 0.3) is 0 Å². The first kappa shape index (κ1) is 15.9. The Balaban J connectivity index is 2.29. The van der Waals surface area contributed by atoms with E-state index in [9.17, 15) is 4.39 Å². The number of nitrogens with two attached hydrogens (primary N) is 1. The maximum atomic E-state index is 13.3. The van der Waals surface area contributed by atoms with Gasteiger partial charge in [-0.1, -0.05) is 41.8 Å². The highest BCUT2D eigenvalue weighted by Gasteiger charge is 2.28. The molecule has 1 heterocycles. The Kier molecular flexibility index (Phi) is 6.00. The largest absolute Gasteiger partial charge is 0.329 e. The fourth-order valence-electron chi connectivity index (χ4n) is 3.26. The number of rotatable bonds is 4. The van der Waals surface area contributed by atoms with Crippen LogP contribution < -0.4 is 5.73 Å². The van der Waals surface area contributed by atoms with Crippen LogP contribution in [0, 0.1) is 5.82 Å². The molecule has 1 aromatic rings. The summed E-state index contributed by atoms with van der Waals surface area (Å²) in [5.41, 5.74) is 7.16. The molecule has 4 heteroatoms. The fourth-order valence-corrected chi connectivity index (χ4v) is 3.88. The zero-order valence-corrected chi connectivity index (χ0v) is 13.7. The lowest BCUT2D eigenvalue weighted by Crippen LogP contribution is -2.41. The van der Waals surface area contributed by atoms with Crippen LogP contribution in [0.2, 0.25) is 0 Å². The molecule has 112 valence electrons. The molecule has 1 fully saturated rings. The maximum Gasteiger partial charge on any atom is 0.124 e. The summed E-state index contributed by atoms with van der Waals surface area (Å²) in [6.45, 7) is 3.90. The first-order valence-electron chi connectivity index (χ1n) is 7.58. The lowest BCUT2D eigenvalue weighted by molar-refractivity contribution is 0.135. The average molecular weight is 343 g/mol. The van der Waals surface area contributed by atoms with Crippen LogP contribution in [0.15, 0.2) is 22.7 Å². The zero-order chi connectivity index (χ0) is 14.5. The molecule has 1 aromatic carbocycles. The Labute approximate surface area is 129 Å². The van der Waals surface area contributed by atoms with Crippen LogP contribution in [-0.4, -0.2) is 24.0 Å². The van der Waals surface area contributed by atoms with E-state index in [2.05, 4.69) is 27.8 Å². The second-order valence-corrected chi connectivity index (χ2v) is 6.42. The summed E-state index contributed by atoms with van der Waals surface area (Å²) in [6, 6.07) is 5.70. The van der Waals surface area contributed by atoms with Gasteiger partial charge in [0.1, 0.15) is 5.82 Å². The van der Waals surface area contributed by atoms with Crippen molar-refractivity contribution in [3.8, 4) is 0 Å². The molecule has 0 spiro atoms. The Morgan fingerprint density at radius 2 is 2.20 bits per heavy atom. The normalized spacial score (nSPS) is 22.5. The Morgan fingerprint density at radius 3 is 2.85 bits per heavy atom. The minimum Gasteiger partial charge on any atom is -0.329 e. The molecule has 0 amide bonds. The van der Waals surface area contributed by atoms with E-state index in [1.807, 2.05) is 6.07 Å². The Hall–Kier alpha value is -0.450. The molecule has 0 saturated carbocycles. The fraction of sp³-hybridized carbons (Fsp3) is 0.625. The molecule has 0 aromatic heterocycles. The highest BCUT2D eigenvalue weighted by atomic mass is 79.9. The number of halogens is 2. The van der Waals surface area contributed by atoms with E-state index in [4.69, 9.17) is 5.73 Å². The van der Waals surface area contributed by atoms with E-state index < -0.39 is 0 Å². The lowest BCUT2D eigenvalue weighted by Gasteiger charge is -2.37. The van der Waals surface area contributed by atoms with Gasteiger partial charge in [0.05, 0.1) is 0 Å². The van der Waals surface area contributed by atoms with Gasteiger partial charge < -0.3 is 5.73 Å². The van der Waals surface area contributed by atoms with Crippen molar-refractivity contribution in [2.24, 2.45) is 5.73 Å². The van der Waals surface area contributed by atoms with Crippen molar-refractivity contribution in [1.82, 2.24) is 4.90 Å². The lowest BCUT2D eigenvalue weighted by atomic mass is 10.0. The Morgan fingerprint density at radius 1 is 1.40 bits per heavy atom. The third kappa shape index (κ3) is 3.60. The SMILES string of the molecule is CCC1CCCCCN1C(CN)c1ccc(F)cc1Br. The molecule has 1 aliphatic rings. The van der Waals surface area contributed by atoms with Gasteiger partial charge in [-0.25, -0.2) is 4.39 Å². The molecule has 2 atom stereocenters. The third-order valence-electron chi connectivity index (χ3n) is 4.34. The number of likely N-dealkylation sites (tertiary alicyclic amines) is 1. The predicted octanol–water partition coefficient (Wildman–Crippen LogP) is 4.24. The first-order valence-corrected chi connectivity index (χ1v) is 8.37. The van der Waals surface area contributed by atoms with E-state index >= 15 is 0 Å². The van der Waals surface area contributed by atoms with Crippen molar-refractivity contribution in [2.75, 3.05) is 13.1 Å². The van der Waals surface area contributed by atoms with E-state index in [0.717, 1.165) is 23.0 Å². The molecule has 2 N–H and O–H groups in total. The van der Waals surface area contributed by atoms with Crippen LogP contribution in [0.5, 0.6) is 0 Å². The van der Waals surface area contributed by atoms with E-state index in [1.165, 1.54) is 37.8 Å². The van der Waals surface area contributed by atoms with Gasteiger partial charge in [-0.15, -0.1) is 0 Å². The van der Waals surface area contributed by atoms with Crippen molar-refractivity contribution >= 4 is 15.9 Å². The summed E-state index contributed by atoms with van der Waals surface area (Å²) in [6.07, 6.45) is 6.22. The molecule has 0 bridgehead atoms. The summed E-state index contributed by atoms with van der Waals surface area (Å²) in [4.78, 5) is 2.53. The van der Waals surface area contributed by atoms with Crippen molar-refractivity contribution < 1.29 is 4.39 Å². The third-order valence-corrected chi connectivity index (χ3v) is 5.03. The summed E-state index contributed by atoms with van der Waals surface area (Å²) >= 11 is 3.49. The summed E-state index contributed by atoms with van der Waals surface area (Å²) in [7, 11) is 0. The van der Waals surface area contributed by atoms with Gasteiger partial charge in [0, 0.05) is 23.1 Å². The van der Waals surface area contributed by atoms with Gasteiger partial charge in [0.15, 0.2) is 0 Å². The quantitative estimate of drug-likeness (QED) is 0.886. The van der Waals surface area contributed by atoms with Crippen LogP contribution in [0.1, 0.15) is 50.6 Å². The topological polar surface area (TPSA) is 29.3 Å². The van der Waals surface area contributed by atoms with Crippen LogP contribution in [0.25, 0.3) is 0 Å². The summed E-state index contributed by atoms with van der Waals surface area (Å²) in [5.74, 6) is -0.209. The second-order valence-electron chi connectivity index (χ2n) is 5.57. The van der Waals surface area contributed by atoms with E-state index in [1.54, 1.807) is 0 Å². The number of hydrogen-bond acceptors (Lipinski definition) is 2. The van der Waals surface area contributed by atoms with Gasteiger partial charge >= 0.3 is 0 Å². The predicted molar refractivity (Wildman–Crippen MR) is 85.1 cm³/mol. The summed E-state index contributed by atoms with van der Waals surface area (Å²) in [5, 5.41) is 0. The van der Waals surface area contributed by atoms with Crippen LogP contribution >= 0.6 is 15.9 Å². The monoisotopic (exact) mass is 342 g/mol. The number of hydrogen-bond donors (Lipinski definition) is 1. The maximum absolute atomic E-state index is 13.3. The van der Waals surface area contributed by atoms with Crippen molar-refractivity contribution in [3.05, 3.63) is 34.1 Å². The standard InChI is InChI=1S/C16H24BrFN2/c1-2-13-6-4-3-5-9-20(13)16(11-19)14-8-7-12(18)10-15(14)17/h7-8,10,13,16H,2-6,9,11,19H2,1H3. The second kappa shape index (κ2) is 7.53. The zero-order valence-electron chi connectivity index (χ0n) is 12.1.